The molecule has 5 rings (SSSR count). The number of ether oxygens (including phenoxy) is 2. The number of rotatable bonds is 7. The fourth-order valence-electron chi connectivity index (χ4n) is 12.0. The SMILES string of the molecule is COC(=O)C[C@@H](CC(=O)[C@H]1CC[C@]2(C)[C@H]3C(=O)C=C4[C@@H]5C[C@@](C)(C(=O)O)CC[C@]5(C)CC[C@@]4(C)[C@]3(C)CC[C@H]2C1(C)C)C(=O)OC. The van der Waals surface area contributed by atoms with Crippen molar-refractivity contribution in [3.05, 3.63) is 11.6 Å². The molecule has 0 unspecified atom stereocenters. The zero-order chi connectivity index (χ0) is 34.3. The number of aliphatic carboxylic acids is 1. The highest BCUT2D eigenvalue weighted by atomic mass is 16.5. The van der Waals surface area contributed by atoms with E-state index in [4.69, 9.17) is 9.47 Å². The van der Waals surface area contributed by atoms with Crippen LogP contribution in [0.5, 0.6) is 0 Å². The molecule has 1 N–H and O–H groups in total. The number of fused-ring (bicyclic) bond motifs is 7. The van der Waals surface area contributed by atoms with Crippen LogP contribution in [0.4, 0.5) is 0 Å². The van der Waals surface area contributed by atoms with Crippen LogP contribution in [0.2, 0.25) is 0 Å². The van der Waals surface area contributed by atoms with Crippen molar-refractivity contribution in [2.45, 2.75) is 119 Å². The Bertz CT molecular complexity index is 1360. The fraction of sp³-hybridized carbons (Fsp3) is 0.816. The predicted octanol–water partition coefficient (Wildman–Crippen LogP) is 6.98. The van der Waals surface area contributed by atoms with Gasteiger partial charge in [-0.2, -0.15) is 0 Å². The molecule has 0 spiro atoms. The fourth-order valence-corrected chi connectivity index (χ4v) is 12.0. The van der Waals surface area contributed by atoms with Crippen LogP contribution in [-0.2, 0) is 33.4 Å². The second-order valence-electron chi connectivity index (χ2n) is 17.6. The Morgan fingerprint density at radius 1 is 0.870 bits per heavy atom. The van der Waals surface area contributed by atoms with Gasteiger partial charge >= 0.3 is 17.9 Å². The maximum absolute atomic E-state index is 14.6. The lowest BCUT2D eigenvalue weighted by atomic mass is 9.33. The first-order chi connectivity index (χ1) is 21.2. The number of esters is 2. The van der Waals surface area contributed by atoms with Gasteiger partial charge in [-0.1, -0.05) is 47.1 Å². The van der Waals surface area contributed by atoms with E-state index in [2.05, 4.69) is 41.5 Å². The molecule has 46 heavy (non-hydrogen) atoms. The zero-order valence-electron chi connectivity index (χ0n) is 29.5. The molecule has 0 amide bonds. The normalized spacial score (nSPS) is 43.4. The number of ketones is 2. The molecule has 0 heterocycles. The minimum atomic E-state index is -0.883. The van der Waals surface area contributed by atoms with Crippen LogP contribution in [0, 0.1) is 62.1 Å². The van der Waals surface area contributed by atoms with E-state index < -0.39 is 34.7 Å². The molecule has 0 radical (unpaired) electrons. The second-order valence-corrected chi connectivity index (χ2v) is 17.6. The number of allylic oxidation sites excluding steroid dienone is 2. The van der Waals surface area contributed by atoms with E-state index in [0.29, 0.717) is 19.3 Å². The number of carboxylic acids is 1. The van der Waals surface area contributed by atoms with E-state index in [1.807, 2.05) is 13.0 Å². The van der Waals surface area contributed by atoms with E-state index in [1.54, 1.807) is 0 Å². The van der Waals surface area contributed by atoms with Gasteiger partial charge in [-0.15, -0.1) is 0 Å². The van der Waals surface area contributed by atoms with Crippen LogP contribution < -0.4 is 0 Å². The van der Waals surface area contributed by atoms with Gasteiger partial charge in [0.2, 0.25) is 0 Å². The van der Waals surface area contributed by atoms with Crippen LogP contribution in [0.3, 0.4) is 0 Å². The van der Waals surface area contributed by atoms with Crippen LogP contribution in [0.25, 0.3) is 0 Å². The van der Waals surface area contributed by atoms with Gasteiger partial charge in [0, 0.05) is 18.3 Å². The summed E-state index contributed by atoms with van der Waals surface area (Å²) in [6, 6.07) is 0. The first kappa shape index (κ1) is 34.8. The quantitative estimate of drug-likeness (QED) is 0.296. The van der Waals surface area contributed by atoms with Crippen molar-refractivity contribution < 1.29 is 38.6 Å². The van der Waals surface area contributed by atoms with Gasteiger partial charge in [0.15, 0.2) is 5.78 Å². The van der Waals surface area contributed by atoms with Crippen molar-refractivity contribution >= 4 is 29.5 Å². The van der Waals surface area contributed by atoms with Gasteiger partial charge in [0.25, 0.3) is 0 Å². The van der Waals surface area contributed by atoms with Crippen molar-refractivity contribution in [3.8, 4) is 0 Å². The van der Waals surface area contributed by atoms with Gasteiger partial charge in [-0.25, -0.2) is 0 Å². The molecule has 8 heteroatoms. The van der Waals surface area contributed by atoms with E-state index in [9.17, 15) is 29.1 Å². The number of methoxy groups -OCH3 is 2. The van der Waals surface area contributed by atoms with Crippen molar-refractivity contribution in [3.63, 3.8) is 0 Å². The third-order valence-electron chi connectivity index (χ3n) is 15.1. The number of carboxylic acid groups (broad SMARTS) is 1. The molecular weight excluding hydrogens is 584 g/mol. The van der Waals surface area contributed by atoms with Crippen LogP contribution in [0.15, 0.2) is 11.6 Å². The third-order valence-corrected chi connectivity index (χ3v) is 15.1. The summed E-state index contributed by atoms with van der Waals surface area (Å²) in [5, 5.41) is 10.2. The molecule has 256 valence electrons. The first-order valence-electron chi connectivity index (χ1n) is 17.4. The van der Waals surface area contributed by atoms with Gasteiger partial charge < -0.3 is 14.6 Å². The number of hydrogen-bond acceptors (Lipinski definition) is 7. The third kappa shape index (κ3) is 4.93. The lowest BCUT2D eigenvalue weighted by molar-refractivity contribution is -0.194. The summed E-state index contributed by atoms with van der Waals surface area (Å²) in [7, 11) is 2.53. The smallest absolute Gasteiger partial charge is 0.309 e. The topological polar surface area (TPSA) is 124 Å². The molecule has 0 aromatic carbocycles. The molecule has 4 saturated carbocycles. The Morgan fingerprint density at radius 2 is 1.52 bits per heavy atom. The number of Topliss-reactive ketones (excluding diaryl/α,β-unsaturated/α-hetero) is 1. The highest BCUT2D eigenvalue weighted by Crippen LogP contribution is 2.75. The molecule has 0 bridgehead atoms. The molecule has 10 atom stereocenters. The van der Waals surface area contributed by atoms with Crippen LogP contribution in [-0.4, -0.2) is 48.8 Å². The van der Waals surface area contributed by atoms with Gasteiger partial charge in [-0.05, 0) is 110 Å². The molecule has 5 aliphatic rings. The summed E-state index contributed by atoms with van der Waals surface area (Å²) in [5.74, 6) is -2.90. The van der Waals surface area contributed by atoms with Crippen LogP contribution in [0.1, 0.15) is 119 Å². The summed E-state index contributed by atoms with van der Waals surface area (Å²) in [6.07, 6.45) is 8.96. The summed E-state index contributed by atoms with van der Waals surface area (Å²) in [4.78, 5) is 65.5. The molecule has 0 aliphatic heterocycles. The molecule has 0 aromatic rings. The second kappa shape index (κ2) is 11.3. The lowest BCUT2D eigenvalue weighted by Gasteiger charge is -2.70. The Hall–Kier alpha value is -2.51. The summed E-state index contributed by atoms with van der Waals surface area (Å²) >= 11 is 0. The maximum Gasteiger partial charge on any atom is 0.309 e. The minimum Gasteiger partial charge on any atom is -0.481 e. The van der Waals surface area contributed by atoms with Crippen molar-refractivity contribution in [1.82, 2.24) is 0 Å². The standard InChI is InChI=1S/C38H56O8/c1-33(2)23(26(39)18-22(31(42)46-9)19-29(41)45-8)10-12-36(5)28(33)11-13-38(7)30(36)27(40)20-24-25-21-35(4,32(43)44)15-14-34(25,3)16-17-37(24,38)6/h20,22-23,25,28,30H,10-19,21H2,1-9H3,(H,43,44)/t22-,23-,25+,28+,30-,34-,35+,36+,37-,38-/m1/s1. The molecular formula is C38H56O8. The van der Waals surface area contributed by atoms with Crippen molar-refractivity contribution in [2.24, 2.45) is 62.1 Å². The van der Waals surface area contributed by atoms with Gasteiger partial charge in [0.05, 0.1) is 32.0 Å². The monoisotopic (exact) mass is 640 g/mol. The summed E-state index contributed by atoms with van der Waals surface area (Å²) in [5.41, 5.74) is -0.804. The average Bonchev–Trinajstić information content (AvgIpc) is 2.97. The predicted molar refractivity (Wildman–Crippen MR) is 172 cm³/mol. The number of hydrogen-bond donors (Lipinski definition) is 1. The van der Waals surface area contributed by atoms with Crippen molar-refractivity contribution in [1.29, 1.82) is 0 Å². The van der Waals surface area contributed by atoms with E-state index in [1.165, 1.54) is 19.8 Å². The zero-order valence-corrected chi connectivity index (χ0v) is 29.5. The van der Waals surface area contributed by atoms with E-state index in [-0.39, 0.29) is 69.7 Å². The Balaban J connectivity index is 1.47. The van der Waals surface area contributed by atoms with Gasteiger partial charge in [-0.3, -0.25) is 24.0 Å². The van der Waals surface area contributed by atoms with Crippen molar-refractivity contribution in [2.75, 3.05) is 14.2 Å². The van der Waals surface area contributed by atoms with Crippen LogP contribution >= 0.6 is 0 Å². The maximum atomic E-state index is 14.6. The summed E-state index contributed by atoms with van der Waals surface area (Å²) in [6.45, 7) is 15.5. The molecule has 0 saturated heterocycles. The Morgan fingerprint density at radius 3 is 2.13 bits per heavy atom. The summed E-state index contributed by atoms with van der Waals surface area (Å²) < 4.78 is 9.70. The highest BCUT2D eigenvalue weighted by Gasteiger charge is 2.70. The Kier molecular flexibility index (Phi) is 8.54. The largest absolute Gasteiger partial charge is 0.481 e. The highest BCUT2D eigenvalue weighted by molar-refractivity contribution is 5.96. The molecule has 8 nitrogen and oxygen atoms in total. The van der Waals surface area contributed by atoms with E-state index in [0.717, 1.165) is 38.5 Å². The molecule has 0 aromatic heterocycles. The first-order valence-corrected chi connectivity index (χ1v) is 17.4. The minimum absolute atomic E-state index is 0.00121. The lowest BCUT2D eigenvalue weighted by Crippen LogP contribution is -2.66. The number of carbonyl (C=O) groups excluding carboxylic acids is 4. The molecule has 4 fully saturated rings. The molecule has 5 aliphatic carbocycles. The van der Waals surface area contributed by atoms with Gasteiger partial charge in [0.1, 0.15) is 5.78 Å². The van der Waals surface area contributed by atoms with E-state index >= 15 is 0 Å². The number of carbonyl (C=O) groups is 5. The average molecular weight is 641 g/mol. The Labute approximate surface area is 274 Å².